The molecule has 0 aliphatic heterocycles. The predicted octanol–water partition coefficient (Wildman–Crippen LogP) is 6.79. The molecule has 4 aromatic carbocycles. The number of amides is 3. The summed E-state index contributed by atoms with van der Waals surface area (Å²) < 4.78 is 0. The monoisotopic (exact) mass is 555 g/mol. The van der Waals surface area contributed by atoms with E-state index in [0.717, 1.165) is 16.1 Å². The second-order valence-electron chi connectivity index (χ2n) is 8.61. The van der Waals surface area contributed by atoms with Crippen LogP contribution in [0.1, 0.15) is 21.5 Å². The molecule has 8 heteroatoms. The third-order valence-corrected chi connectivity index (χ3v) is 6.79. The van der Waals surface area contributed by atoms with Crippen LogP contribution >= 0.6 is 23.4 Å². The average molecular weight is 556 g/mol. The lowest BCUT2D eigenvalue weighted by Gasteiger charge is -2.12. The predicted molar refractivity (Wildman–Crippen MR) is 159 cm³/mol. The van der Waals surface area contributed by atoms with Gasteiger partial charge < -0.3 is 16.0 Å². The van der Waals surface area contributed by atoms with Crippen LogP contribution in [-0.4, -0.2) is 23.5 Å². The normalized spacial score (nSPS) is 11.0. The van der Waals surface area contributed by atoms with Gasteiger partial charge in [0.1, 0.15) is 5.70 Å². The van der Waals surface area contributed by atoms with Crippen molar-refractivity contribution in [3.05, 3.63) is 131 Å². The summed E-state index contributed by atoms with van der Waals surface area (Å²) in [5.74, 6) is -0.736. The fraction of sp³-hybridized carbons (Fsp3) is 0.0645. The molecule has 0 saturated heterocycles. The molecule has 4 rings (SSSR count). The van der Waals surface area contributed by atoms with Crippen LogP contribution in [0.15, 0.2) is 114 Å². The summed E-state index contributed by atoms with van der Waals surface area (Å²) in [6.45, 7) is 1.99. The van der Waals surface area contributed by atoms with Crippen LogP contribution in [-0.2, 0) is 9.59 Å². The van der Waals surface area contributed by atoms with Gasteiger partial charge in [-0.05, 0) is 79.2 Å². The highest BCUT2D eigenvalue weighted by Crippen LogP contribution is 2.21. The highest BCUT2D eigenvalue weighted by molar-refractivity contribution is 8.00. The number of nitrogens with one attached hydrogen (secondary N) is 3. The maximum Gasteiger partial charge on any atom is 0.272 e. The minimum atomic E-state index is -0.480. The molecule has 39 heavy (non-hydrogen) atoms. The van der Waals surface area contributed by atoms with Gasteiger partial charge in [-0.25, -0.2) is 0 Å². The lowest BCUT2D eigenvalue weighted by Crippen LogP contribution is -2.30. The Labute approximate surface area is 236 Å². The highest BCUT2D eigenvalue weighted by atomic mass is 35.5. The molecule has 0 unspecified atom stereocenters. The number of halogens is 1. The first-order chi connectivity index (χ1) is 18.9. The Bertz CT molecular complexity index is 1470. The third kappa shape index (κ3) is 8.60. The maximum absolute atomic E-state index is 13.2. The van der Waals surface area contributed by atoms with Crippen molar-refractivity contribution in [3.63, 3.8) is 0 Å². The van der Waals surface area contributed by atoms with Crippen LogP contribution < -0.4 is 16.0 Å². The molecule has 196 valence electrons. The van der Waals surface area contributed by atoms with Gasteiger partial charge in [0, 0.05) is 26.9 Å². The Hall–Kier alpha value is -4.33. The molecule has 6 nitrogen and oxygen atoms in total. The van der Waals surface area contributed by atoms with E-state index in [1.165, 1.54) is 11.8 Å². The number of anilines is 2. The summed E-state index contributed by atoms with van der Waals surface area (Å²) in [6, 6.07) is 30.4. The second kappa shape index (κ2) is 13.5. The SMILES string of the molecule is Cc1ccc(NC(=O)CSc2ccc(NC(=O)/C(=C/c3ccc(Cl)cc3)NC(=O)c3ccccc3)cc2)cc1. The topological polar surface area (TPSA) is 87.3 Å². The van der Waals surface area contributed by atoms with Gasteiger partial charge in [-0.15, -0.1) is 11.8 Å². The lowest BCUT2D eigenvalue weighted by atomic mass is 10.1. The van der Waals surface area contributed by atoms with Gasteiger partial charge in [-0.3, -0.25) is 14.4 Å². The van der Waals surface area contributed by atoms with Crippen molar-refractivity contribution in [2.24, 2.45) is 0 Å². The van der Waals surface area contributed by atoms with Crippen LogP contribution in [0.3, 0.4) is 0 Å². The molecule has 0 fully saturated rings. The molecular weight excluding hydrogens is 530 g/mol. The first-order valence-electron chi connectivity index (χ1n) is 12.1. The van der Waals surface area contributed by atoms with Crippen molar-refractivity contribution in [1.29, 1.82) is 0 Å². The number of benzene rings is 4. The van der Waals surface area contributed by atoms with E-state index in [1.807, 2.05) is 49.4 Å². The maximum atomic E-state index is 13.2. The van der Waals surface area contributed by atoms with Crippen molar-refractivity contribution < 1.29 is 14.4 Å². The van der Waals surface area contributed by atoms with E-state index in [1.54, 1.807) is 66.7 Å². The average Bonchev–Trinajstić information content (AvgIpc) is 2.95. The zero-order chi connectivity index (χ0) is 27.6. The van der Waals surface area contributed by atoms with Crippen LogP contribution in [0, 0.1) is 6.92 Å². The van der Waals surface area contributed by atoms with E-state index < -0.39 is 11.8 Å². The molecule has 0 aliphatic rings. The van der Waals surface area contributed by atoms with Crippen molar-refractivity contribution >= 4 is 58.5 Å². The van der Waals surface area contributed by atoms with Crippen LogP contribution in [0.25, 0.3) is 6.08 Å². The van der Waals surface area contributed by atoms with Crippen molar-refractivity contribution in [3.8, 4) is 0 Å². The molecule has 0 spiro atoms. The van der Waals surface area contributed by atoms with E-state index in [9.17, 15) is 14.4 Å². The van der Waals surface area contributed by atoms with E-state index >= 15 is 0 Å². The van der Waals surface area contributed by atoms with Gasteiger partial charge in [0.05, 0.1) is 5.75 Å². The number of hydrogen-bond acceptors (Lipinski definition) is 4. The molecule has 0 bridgehead atoms. The van der Waals surface area contributed by atoms with Crippen molar-refractivity contribution in [2.75, 3.05) is 16.4 Å². The Balaban J connectivity index is 1.39. The molecule has 0 radical (unpaired) electrons. The van der Waals surface area contributed by atoms with Gasteiger partial charge in [0.2, 0.25) is 5.91 Å². The van der Waals surface area contributed by atoms with Crippen LogP contribution in [0.5, 0.6) is 0 Å². The molecule has 0 atom stereocenters. The number of rotatable bonds is 9. The van der Waals surface area contributed by atoms with Gasteiger partial charge in [-0.1, -0.05) is 59.6 Å². The van der Waals surface area contributed by atoms with Gasteiger partial charge in [0.15, 0.2) is 0 Å². The second-order valence-corrected chi connectivity index (χ2v) is 10.1. The summed E-state index contributed by atoms with van der Waals surface area (Å²) in [5.41, 5.74) is 3.64. The molecule has 0 saturated carbocycles. The molecule has 3 N–H and O–H groups in total. The Morgan fingerprint density at radius 2 is 1.38 bits per heavy atom. The first-order valence-corrected chi connectivity index (χ1v) is 13.5. The third-order valence-electron chi connectivity index (χ3n) is 5.53. The fourth-order valence-electron chi connectivity index (χ4n) is 3.48. The molecule has 0 aliphatic carbocycles. The van der Waals surface area contributed by atoms with E-state index in [4.69, 9.17) is 11.6 Å². The van der Waals surface area contributed by atoms with E-state index in [0.29, 0.717) is 21.8 Å². The minimum Gasteiger partial charge on any atom is -0.325 e. The number of thioether (sulfide) groups is 1. The van der Waals surface area contributed by atoms with E-state index in [2.05, 4.69) is 16.0 Å². The summed E-state index contributed by atoms with van der Waals surface area (Å²) in [4.78, 5) is 39.1. The molecule has 4 aromatic rings. The first kappa shape index (κ1) is 27.7. The summed E-state index contributed by atoms with van der Waals surface area (Å²) in [7, 11) is 0. The van der Waals surface area contributed by atoms with Crippen LogP contribution in [0.2, 0.25) is 5.02 Å². The van der Waals surface area contributed by atoms with E-state index in [-0.39, 0.29) is 17.4 Å². The van der Waals surface area contributed by atoms with Crippen molar-refractivity contribution in [1.82, 2.24) is 5.32 Å². The fourth-order valence-corrected chi connectivity index (χ4v) is 4.31. The lowest BCUT2D eigenvalue weighted by molar-refractivity contribution is -0.114. The van der Waals surface area contributed by atoms with Crippen LogP contribution in [0.4, 0.5) is 11.4 Å². The van der Waals surface area contributed by atoms with Gasteiger partial charge in [-0.2, -0.15) is 0 Å². The zero-order valence-corrected chi connectivity index (χ0v) is 22.7. The standard InChI is InChI=1S/C31H26ClN3O3S/c1-21-7-13-25(14-8-21)33-29(36)20-39-27-17-15-26(16-18-27)34-31(38)28(19-22-9-11-24(32)12-10-22)35-30(37)23-5-3-2-4-6-23/h2-19H,20H2,1H3,(H,33,36)(H,34,38)(H,35,37)/b28-19-. The summed E-state index contributed by atoms with van der Waals surface area (Å²) >= 11 is 7.37. The zero-order valence-electron chi connectivity index (χ0n) is 21.1. The largest absolute Gasteiger partial charge is 0.325 e. The molecule has 0 heterocycles. The quantitative estimate of drug-likeness (QED) is 0.157. The number of carbonyl (C=O) groups is 3. The summed E-state index contributed by atoms with van der Waals surface area (Å²) in [5, 5.41) is 8.98. The van der Waals surface area contributed by atoms with Crippen molar-refractivity contribution in [2.45, 2.75) is 11.8 Å². The number of aryl methyl sites for hydroxylation is 1. The molecular formula is C31H26ClN3O3S. The minimum absolute atomic E-state index is 0.0809. The smallest absolute Gasteiger partial charge is 0.272 e. The molecule has 3 amide bonds. The number of hydrogen-bond donors (Lipinski definition) is 3. The van der Waals surface area contributed by atoms with Gasteiger partial charge in [0.25, 0.3) is 11.8 Å². The molecule has 0 aromatic heterocycles. The highest BCUT2D eigenvalue weighted by Gasteiger charge is 2.15. The Kier molecular flexibility index (Phi) is 9.56. The van der Waals surface area contributed by atoms with Gasteiger partial charge >= 0.3 is 0 Å². The Morgan fingerprint density at radius 1 is 0.769 bits per heavy atom. The Morgan fingerprint density at radius 3 is 2.05 bits per heavy atom. The number of carbonyl (C=O) groups excluding carboxylic acids is 3. The summed E-state index contributed by atoms with van der Waals surface area (Å²) in [6.07, 6.45) is 1.59.